The quantitative estimate of drug-likeness (QED) is 0.502. The first-order valence-corrected chi connectivity index (χ1v) is 7.25. The molecule has 0 saturated heterocycles. The van der Waals surface area contributed by atoms with E-state index in [0.29, 0.717) is 39.4 Å². The third-order valence-corrected chi connectivity index (χ3v) is 2.84. The lowest BCUT2D eigenvalue weighted by molar-refractivity contribution is -0.144. The van der Waals surface area contributed by atoms with Crippen LogP contribution in [-0.4, -0.2) is 46.1 Å². The van der Waals surface area contributed by atoms with E-state index in [1.165, 1.54) is 5.56 Å². The molecule has 0 fully saturated rings. The van der Waals surface area contributed by atoms with Crippen molar-refractivity contribution in [2.75, 3.05) is 45.4 Å². The molecule has 0 aromatic heterocycles. The molecule has 1 aromatic rings. The van der Waals surface area contributed by atoms with Crippen molar-refractivity contribution in [2.45, 2.75) is 19.8 Å². The fraction of sp³-hybridized carbons (Fsp3) is 0.562. The Morgan fingerprint density at radius 3 is 2.57 bits per heavy atom. The fourth-order valence-electron chi connectivity index (χ4n) is 1.67. The number of benzene rings is 1. The first kappa shape index (κ1) is 17.5. The maximum Gasteiger partial charge on any atom is 0.307 e. The highest BCUT2D eigenvalue weighted by molar-refractivity contribution is 5.70. The number of aryl methyl sites for hydroxylation is 1. The molecule has 0 spiro atoms. The van der Waals surface area contributed by atoms with Gasteiger partial charge in [0.1, 0.15) is 6.61 Å². The van der Waals surface area contributed by atoms with Gasteiger partial charge in [-0.2, -0.15) is 0 Å². The molecule has 21 heavy (non-hydrogen) atoms. The molecule has 1 rings (SSSR count). The van der Waals surface area contributed by atoms with Crippen LogP contribution >= 0.6 is 0 Å². The second-order valence-electron chi connectivity index (χ2n) is 4.72. The van der Waals surface area contributed by atoms with Crippen molar-refractivity contribution >= 4 is 11.7 Å². The molecule has 0 radical (unpaired) electrons. The van der Waals surface area contributed by atoms with Crippen LogP contribution in [-0.2, 0) is 19.0 Å². The van der Waals surface area contributed by atoms with Gasteiger partial charge < -0.3 is 19.5 Å². The molecule has 0 bridgehead atoms. The van der Waals surface area contributed by atoms with Crippen LogP contribution in [0.3, 0.4) is 0 Å². The van der Waals surface area contributed by atoms with Crippen molar-refractivity contribution in [2.24, 2.45) is 0 Å². The largest absolute Gasteiger partial charge is 0.463 e. The number of rotatable bonds is 11. The number of methoxy groups -OCH3 is 1. The van der Waals surface area contributed by atoms with Crippen LogP contribution in [0, 0.1) is 6.92 Å². The Hall–Kier alpha value is -1.59. The number of carbonyl (C=O) groups excluding carboxylic acids is 1. The highest BCUT2D eigenvalue weighted by Crippen LogP contribution is 2.08. The van der Waals surface area contributed by atoms with Crippen LogP contribution in [0.4, 0.5) is 5.69 Å². The van der Waals surface area contributed by atoms with Crippen molar-refractivity contribution in [3.8, 4) is 0 Å². The van der Waals surface area contributed by atoms with E-state index in [1.54, 1.807) is 7.11 Å². The molecule has 0 heterocycles. The van der Waals surface area contributed by atoms with Crippen molar-refractivity contribution in [1.82, 2.24) is 0 Å². The average molecular weight is 295 g/mol. The molecule has 0 aliphatic heterocycles. The Kier molecular flexibility index (Phi) is 9.24. The van der Waals surface area contributed by atoms with E-state index in [0.717, 1.165) is 12.1 Å². The maximum atomic E-state index is 11.5. The minimum absolute atomic E-state index is 0.213. The van der Waals surface area contributed by atoms with Crippen molar-refractivity contribution in [3.63, 3.8) is 0 Å². The van der Waals surface area contributed by atoms with Gasteiger partial charge >= 0.3 is 5.97 Å². The first-order valence-electron chi connectivity index (χ1n) is 7.25. The predicted molar refractivity (Wildman–Crippen MR) is 82.6 cm³/mol. The normalized spacial score (nSPS) is 10.4. The molecule has 0 amide bonds. The summed E-state index contributed by atoms with van der Waals surface area (Å²) >= 11 is 0. The molecule has 0 aliphatic carbocycles. The van der Waals surface area contributed by atoms with Crippen molar-refractivity contribution in [3.05, 3.63) is 29.8 Å². The topological polar surface area (TPSA) is 56.8 Å². The Morgan fingerprint density at radius 2 is 1.86 bits per heavy atom. The zero-order valence-corrected chi connectivity index (χ0v) is 12.9. The summed E-state index contributed by atoms with van der Waals surface area (Å²) in [5, 5.41) is 3.18. The van der Waals surface area contributed by atoms with Crippen molar-refractivity contribution in [1.29, 1.82) is 0 Å². The zero-order chi connectivity index (χ0) is 15.3. The lowest BCUT2D eigenvalue weighted by Gasteiger charge is -2.08. The third-order valence-electron chi connectivity index (χ3n) is 2.84. The average Bonchev–Trinajstić information content (AvgIpc) is 2.48. The summed E-state index contributed by atoms with van der Waals surface area (Å²) in [6.45, 7) is 4.65. The van der Waals surface area contributed by atoms with Crippen LogP contribution in [0.1, 0.15) is 18.4 Å². The predicted octanol–water partition coefficient (Wildman–Crippen LogP) is 2.39. The summed E-state index contributed by atoms with van der Waals surface area (Å²) < 4.78 is 15.3. The highest BCUT2D eigenvalue weighted by atomic mass is 16.6. The third kappa shape index (κ3) is 9.05. The molecule has 5 heteroatoms. The second-order valence-corrected chi connectivity index (χ2v) is 4.72. The Labute approximate surface area is 126 Å². The number of carbonyl (C=O) groups is 1. The SMILES string of the molecule is COCCCOCCOC(=O)CCNc1ccc(C)cc1. The summed E-state index contributed by atoms with van der Waals surface area (Å²) in [5.74, 6) is -0.213. The minimum atomic E-state index is -0.213. The van der Waals surface area contributed by atoms with E-state index in [-0.39, 0.29) is 5.97 Å². The minimum Gasteiger partial charge on any atom is -0.463 e. The lowest BCUT2D eigenvalue weighted by atomic mass is 10.2. The van der Waals surface area contributed by atoms with E-state index in [4.69, 9.17) is 14.2 Å². The molecular formula is C16H25NO4. The molecule has 5 nitrogen and oxygen atoms in total. The van der Waals surface area contributed by atoms with Crippen molar-refractivity contribution < 1.29 is 19.0 Å². The summed E-state index contributed by atoms with van der Waals surface area (Å²) in [6, 6.07) is 8.05. The molecule has 1 aromatic carbocycles. The van der Waals surface area contributed by atoms with E-state index < -0.39 is 0 Å². The molecule has 0 saturated carbocycles. The lowest BCUT2D eigenvalue weighted by Crippen LogP contribution is -2.15. The Balaban J connectivity index is 1.97. The molecule has 1 N–H and O–H groups in total. The maximum absolute atomic E-state index is 11.5. The Morgan fingerprint density at radius 1 is 1.10 bits per heavy atom. The first-order chi connectivity index (χ1) is 10.2. The Bertz CT molecular complexity index is 392. The monoisotopic (exact) mass is 295 g/mol. The van der Waals surface area contributed by atoms with Gasteiger partial charge in [0, 0.05) is 32.6 Å². The van der Waals surface area contributed by atoms with Gasteiger partial charge in [-0.3, -0.25) is 4.79 Å². The van der Waals surface area contributed by atoms with Crippen LogP contribution in [0.5, 0.6) is 0 Å². The highest BCUT2D eigenvalue weighted by Gasteiger charge is 2.02. The molecule has 0 unspecified atom stereocenters. The van der Waals surface area contributed by atoms with E-state index >= 15 is 0 Å². The van der Waals surface area contributed by atoms with Gasteiger partial charge in [-0.05, 0) is 25.5 Å². The standard InChI is InChI=1S/C16H25NO4/c1-14-4-6-15(7-5-14)17-9-8-16(18)21-13-12-20-11-3-10-19-2/h4-7,17H,3,8-13H2,1-2H3. The molecular weight excluding hydrogens is 270 g/mol. The molecule has 0 atom stereocenters. The van der Waals surface area contributed by atoms with E-state index in [2.05, 4.69) is 5.32 Å². The zero-order valence-electron chi connectivity index (χ0n) is 12.9. The summed E-state index contributed by atoms with van der Waals surface area (Å²) in [5.41, 5.74) is 2.22. The van der Waals surface area contributed by atoms with Crippen LogP contribution in [0.25, 0.3) is 0 Å². The molecule has 118 valence electrons. The fourth-order valence-corrected chi connectivity index (χ4v) is 1.67. The number of hydrogen-bond donors (Lipinski definition) is 1. The second kappa shape index (κ2) is 11.1. The van der Waals surface area contributed by atoms with E-state index in [1.807, 2.05) is 31.2 Å². The van der Waals surface area contributed by atoms with Gasteiger partial charge in [0.25, 0.3) is 0 Å². The summed E-state index contributed by atoms with van der Waals surface area (Å²) in [6.07, 6.45) is 1.20. The van der Waals surface area contributed by atoms with Gasteiger partial charge in [-0.15, -0.1) is 0 Å². The van der Waals surface area contributed by atoms with Gasteiger partial charge in [0.05, 0.1) is 13.0 Å². The smallest absolute Gasteiger partial charge is 0.307 e. The number of hydrogen-bond acceptors (Lipinski definition) is 5. The molecule has 0 aliphatic rings. The van der Waals surface area contributed by atoms with Gasteiger partial charge in [0.2, 0.25) is 0 Å². The number of nitrogens with one attached hydrogen (secondary N) is 1. The van der Waals surface area contributed by atoms with Crippen LogP contribution < -0.4 is 5.32 Å². The number of ether oxygens (including phenoxy) is 3. The number of anilines is 1. The summed E-state index contributed by atoms with van der Waals surface area (Å²) in [4.78, 5) is 11.5. The van der Waals surface area contributed by atoms with Crippen LogP contribution in [0.2, 0.25) is 0 Å². The van der Waals surface area contributed by atoms with Gasteiger partial charge in [-0.1, -0.05) is 17.7 Å². The van der Waals surface area contributed by atoms with Crippen LogP contribution in [0.15, 0.2) is 24.3 Å². The van der Waals surface area contributed by atoms with Gasteiger partial charge in [0.15, 0.2) is 0 Å². The number of esters is 1. The van der Waals surface area contributed by atoms with Gasteiger partial charge in [-0.25, -0.2) is 0 Å². The summed E-state index contributed by atoms with van der Waals surface area (Å²) in [7, 11) is 1.66. The van der Waals surface area contributed by atoms with E-state index in [9.17, 15) is 4.79 Å².